The second kappa shape index (κ2) is 5.38. The monoisotopic (exact) mass is 334 g/mol. The van der Waals surface area contributed by atoms with Gasteiger partial charge in [0.1, 0.15) is 4.90 Å². The van der Waals surface area contributed by atoms with Crippen LogP contribution < -0.4 is 9.62 Å². The first-order valence-electron chi connectivity index (χ1n) is 7.23. The van der Waals surface area contributed by atoms with Crippen LogP contribution in [0.1, 0.15) is 30.5 Å². The van der Waals surface area contributed by atoms with Gasteiger partial charge in [0.15, 0.2) is 0 Å². The molecule has 7 nitrogen and oxygen atoms in total. The Bertz CT molecular complexity index is 873. The first-order chi connectivity index (χ1) is 10.8. The summed E-state index contributed by atoms with van der Waals surface area (Å²) in [5, 5.41) is 6.36. The molecular formula is C15H18N4O3S. The molecule has 1 aromatic carbocycles. The van der Waals surface area contributed by atoms with E-state index in [1.165, 1.54) is 6.20 Å². The molecule has 2 N–H and O–H groups in total. The van der Waals surface area contributed by atoms with Crippen molar-refractivity contribution in [3.8, 4) is 0 Å². The maximum atomic E-state index is 12.4. The third-order valence-corrected chi connectivity index (χ3v) is 5.60. The lowest BCUT2D eigenvalue weighted by molar-refractivity contribution is -0.119. The standard InChI is InChI=1S/C15H18N4O3S/c1-9-6-15(20)19(3)13-5-4-11(7-12(9)13)18-23(21,22)14-8-16-17-10(14)2/h4-5,7-9,18H,6H2,1-3H3,(H,16,17). The number of anilines is 2. The van der Waals surface area contributed by atoms with Crippen molar-refractivity contribution in [1.82, 2.24) is 10.2 Å². The second-order valence-electron chi connectivity index (χ2n) is 5.80. The molecule has 0 saturated heterocycles. The van der Waals surface area contributed by atoms with Gasteiger partial charge in [0.2, 0.25) is 5.91 Å². The number of benzene rings is 1. The normalized spacial score (nSPS) is 18.0. The Balaban J connectivity index is 1.96. The van der Waals surface area contributed by atoms with Crippen LogP contribution in [0.5, 0.6) is 0 Å². The van der Waals surface area contributed by atoms with Crippen molar-refractivity contribution in [3.05, 3.63) is 35.7 Å². The van der Waals surface area contributed by atoms with E-state index < -0.39 is 10.0 Å². The Labute approximate surface area is 134 Å². The van der Waals surface area contributed by atoms with E-state index in [2.05, 4.69) is 14.9 Å². The minimum atomic E-state index is -3.69. The van der Waals surface area contributed by atoms with Gasteiger partial charge in [-0.05, 0) is 36.6 Å². The van der Waals surface area contributed by atoms with Crippen LogP contribution in [-0.4, -0.2) is 31.6 Å². The van der Waals surface area contributed by atoms with Crippen molar-refractivity contribution < 1.29 is 13.2 Å². The van der Waals surface area contributed by atoms with Gasteiger partial charge in [-0.3, -0.25) is 14.6 Å². The molecule has 1 aliphatic rings. The van der Waals surface area contributed by atoms with Gasteiger partial charge in [0, 0.05) is 24.8 Å². The highest BCUT2D eigenvalue weighted by atomic mass is 32.2. The van der Waals surface area contributed by atoms with Crippen molar-refractivity contribution >= 4 is 27.3 Å². The third-order valence-electron chi connectivity index (χ3n) is 4.10. The zero-order chi connectivity index (χ0) is 16.8. The van der Waals surface area contributed by atoms with Crippen LogP contribution in [0.3, 0.4) is 0 Å². The maximum absolute atomic E-state index is 12.4. The number of sulfonamides is 1. The van der Waals surface area contributed by atoms with E-state index in [1.54, 1.807) is 37.1 Å². The molecule has 0 radical (unpaired) electrons. The number of carbonyl (C=O) groups is 1. The summed E-state index contributed by atoms with van der Waals surface area (Å²) in [6.45, 7) is 3.61. The van der Waals surface area contributed by atoms with E-state index in [9.17, 15) is 13.2 Å². The van der Waals surface area contributed by atoms with Crippen LogP contribution in [0.4, 0.5) is 11.4 Å². The Morgan fingerprint density at radius 3 is 2.78 bits per heavy atom. The van der Waals surface area contributed by atoms with E-state index >= 15 is 0 Å². The van der Waals surface area contributed by atoms with Crippen molar-refractivity contribution in [1.29, 1.82) is 0 Å². The number of rotatable bonds is 3. The number of aromatic amines is 1. The van der Waals surface area contributed by atoms with Gasteiger partial charge in [-0.15, -0.1) is 0 Å². The van der Waals surface area contributed by atoms with Gasteiger partial charge in [0.05, 0.1) is 11.9 Å². The van der Waals surface area contributed by atoms with E-state index in [0.29, 0.717) is 17.8 Å². The summed E-state index contributed by atoms with van der Waals surface area (Å²) >= 11 is 0. The first-order valence-corrected chi connectivity index (χ1v) is 8.71. The van der Waals surface area contributed by atoms with Gasteiger partial charge < -0.3 is 4.90 Å². The minimum Gasteiger partial charge on any atom is -0.315 e. The molecule has 0 fully saturated rings. The van der Waals surface area contributed by atoms with Crippen molar-refractivity contribution in [2.24, 2.45) is 0 Å². The highest BCUT2D eigenvalue weighted by Crippen LogP contribution is 2.37. The molecule has 1 unspecified atom stereocenters. The van der Waals surface area contributed by atoms with Crippen LogP contribution in [0, 0.1) is 6.92 Å². The number of fused-ring (bicyclic) bond motifs is 1. The summed E-state index contributed by atoms with van der Waals surface area (Å²) in [4.78, 5) is 13.6. The molecule has 1 atom stereocenters. The lowest BCUT2D eigenvalue weighted by Gasteiger charge is -2.30. The third kappa shape index (κ3) is 2.70. The number of amides is 1. The van der Waals surface area contributed by atoms with Gasteiger partial charge in [0.25, 0.3) is 10.0 Å². The highest BCUT2D eigenvalue weighted by Gasteiger charge is 2.27. The van der Waals surface area contributed by atoms with Crippen molar-refractivity contribution in [2.75, 3.05) is 16.7 Å². The highest BCUT2D eigenvalue weighted by molar-refractivity contribution is 7.92. The Morgan fingerprint density at radius 2 is 2.13 bits per heavy atom. The lowest BCUT2D eigenvalue weighted by Crippen LogP contribution is -2.32. The molecule has 0 saturated carbocycles. The number of hydrogen-bond acceptors (Lipinski definition) is 4. The van der Waals surface area contributed by atoms with Crippen molar-refractivity contribution in [3.63, 3.8) is 0 Å². The number of carbonyl (C=O) groups excluding carboxylic acids is 1. The van der Waals surface area contributed by atoms with Crippen LogP contribution in [0.15, 0.2) is 29.3 Å². The van der Waals surface area contributed by atoms with Gasteiger partial charge >= 0.3 is 0 Å². The predicted octanol–water partition coefficient (Wildman–Crippen LogP) is 1.99. The molecule has 8 heteroatoms. The molecule has 2 heterocycles. The number of hydrogen-bond donors (Lipinski definition) is 2. The maximum Gasteiger partial charge on any atom is 0.265 e. The lowest BCUT2D eigenvalue weighted by atomic mass is 9.91. The molecule has 3 rings (SSSR count). The van der Waals surface area contributed by atoms with E-state index in [4.69, 9.17) is 0 Å². The molecule has 23 heavy (non-hydrogen) atoms. The van der Waals surface area contributed by atoms with Crippen LogP contribution in [-0.2, 0) is 14.8 Å². The molecule has 1 amide bonds. The zero-order valence-electron chi connectivity index (χ0n) is 13.1. The fourth-order valence-electron chi connectivity index (χ4n) is 2.78. The van der Waals surface area contributed by atoms with E-state index in [1.807, 2.05) is 6.92 Å². The van der Waals surface area contributed by atoms with Crippen LogP contribution >= 0.6 is 0 Å². The molecule has 2 aromatic rings. The Hall–Kier alpha value is -2.35. The predicted molar refractivity (Wildman–Crippen MR) is 87.0 cm³/mol. The number of nitrogens with one attached hydrogen (secondary N) is 2. The fraction of sp³-hybridized carbons (Fsp3) is 0.333. The average Bonchev–Trinajstić information content (AvgIpc) is 2.92. The number of H-pyrrole nitrogens is 1. The summed E-state index contributed by atoms with van der Waals surface area (Å²) in [7, 11) is -1.97. The smallest absolute Gasteiger partial charge is 0.265 e. The second-order valence-corrected chi connectivity index (χ2v) is 7.45. The van der Waals surface area contributed by atoms with E-state index in [0.717, 1.165) is 11.3 Å². The number of aryl methyl sites for hydroxylation is 1. The topological polar surface area (TPSA) is 95.2 Å². The van der Waals surface area contributed by atoms with E-state index in [-0.39, 0.29) is 16.7 Å². The average molecular weight is 334 g/mol. The SMILES string of the molecule is Cc1[nH]ncc1S(=O)(=O)Nc1ccc2c(c1)C(C)CC(=O)N2C. The first kappa shape index (κ1) is 15.5. The quantitative estimate of drug-likeness (QED) is 0.897. The van der Waals surface area contributed by atoms with Gasteiger partial charge in [-0.1, -0.05) is 6.92 Å². The van der Waals surface area contributed by atoms with Gasteiger partial charge in [-0.2, -0.15) is 5.10 Å². The molecule has 122 valence electrons. The summed E-state index contributed by atoms with van der Waals surface area (Å²) in [5.74, 6) is 0.112. The zero-order valence-corrected chi connectivity index (χ0v) is 13.9. The molecule has 1 aromatic heterocycles. The fourth-order valence-corrected chi connectivity index (χ4v) is 3.97. The largest absolute Gasteiger partial charge is 0.315 e. The summed E-state index contributed by atoms with van der Waals surface area (Å²) in [6.07, 6.45) is 1.70. The number of aromatic nitrogens is 2. The summed E-state index contributed by atoms with van der Waals surface area (Å²) in [6, 6.07) is 5.21. The van der Waals surface area contributed by atoms with Crippen LogP contribution in [0.2, 0.25) is 0 Å². The van der Waals surface area contributed by atoms with Gasteiger partial charge in [-0.25, -0.2) is 8.42 Å². The molecule has 1 aliphatic heterocycles. The molecular weight excluding hydrogens is 316 g/mol. The summed E-state index contributed by atoms with van der Waals surface area (Å²) in [5.41, 5.74) is 2.72. The molecule has 0 aliphatic carbocycles. The Kier molecular flexibility index (Phi) is 3.63. The van der Waals surface area contributed by atoms with Crippen LogP contribution in [0.25, 0.3) is 0 Å². The summed E-state index contributed by atoms with van der Waals surface area (Å²) < 4.78 is 27.4. The number of nitrogens with zero attached hydrogens (tertiary/aromatic N) is 2. The molecule has 0 spiro atoms. The minimum absolute atomic E-state index is 0.0498. The Morgan fingerprint density at radius 1 is 1.39 bits per heavy atom. The van der Waals surface area contributed by atoms with Crippen molar-refractivity contribution in [2.45, 2.75) is 31.1 Å². The molecule has 0 bridgehead atoms.